The van der Waals surface area contributed by atoms with Crippen LogP contribution in [0.2, 0.25) is 0 Å². The number of anilines is 2. The van der Waals surface area contributed by atoms with E-state index in [9.17, 15) is 4.79 Å². The molecule has 0 amide bonds. The highest BCUT2D eigenvalue weighted by molar-refractivity contribution is 8.05. The lowest BCUT2D eigenvalue weighted by Gasteiger charge is -2.35. The number of fused-ring (bicyclic) bond motifs is 2. The highest BCUT2D eigenvalue weighted by Gasteiger charge is 2.29. The molecule has 2 N–H and O–H groups in total. The molecule has 1 atom stereocenters. The van der Waals surface area contributed by atoms with E-state index in [2.05, 4.69) is 67.6 Å². The van der Waals surface area contributed by atoms with Crippen LogP contribution in [0, 0.1) is 0 Å². The van der Waals surface area contributed by atoms with Gasteiger partial charge in [-0.05, 0) is 53.6 Å². The molecule has 5 aromatic rings. The summed E-state index contributed by atoms with van der Waals surface area (Å²) in [6.07, 6.45) is 10.7. The molecule has 1 saturated heterocycles. The molecule has 40 heavy (non-hydrogen) atoms. The maximum Gasteiger partial charge on any atom is 0.271 e. The molecule has 0 radical (unpaired) electrons. The third-order valence-electron chi connectivity index (χ3n) is 7.02. The molecule has 0 spiro atoms. The largest absolute Gasteiger partial charge is 0.381 e. The first-order valence-electron chi connectivity index (χ1n) is 13.0. The number of rotatable bonds is 6. The van der Waals surface area contributed by atoms with E-state index in [1.165, 1.54) is 25.1 Å². The minimum Gasteiger partial charge on any atom is -0.381 e. The van der Waals surface area contributed by atoms with Gasteiger partial charge in [0, 0.05) is 69.7 Å². The first kappa shape index (κ1) is 25.0. The Bertz CT molecular complexity index is 1720. The van der Waals surface area contributed by atoms with Crippen molar-refractivity contribution in [3.63, 3.8) is 0 Å². The molecule has 200 valence electrons. The molecule has 2 aliphatic heterocycles. The van der Waals surface area contributed by atoms with Gasteiger partial charge in [-0.15, -0.1) is 0 Å². The Hall–Kier alpha value is -3.99. The molecule has 0 aliphatic carbocycles. The normalized spacial score (nSPS) is 16.3. The lowest BCUT2D eigenvalue weighted by atomic mass is 10.1. The van der Waals surface area contributed by atoms with Gasteiger partial charge in [-0.25, -0.2) is 4.98 Å². The van der Waals surface area contributed by atoms with E-state index in [-0.39, 0.29) is 11.7 Å². The van der Waals surface area contributed by atoms with E-state index in [1.54, 1.807) is 42.2 Å². The van der Waals surface area contributed by atoms with Crippen LogP contribution < -0.4 is 15.8 Å². The van der Waals surface area contributed by atoms with Crippen LogP contribution in [-0.4, -0.2) is 39.2 Å². The van der Waals surface area contributed by atoms with E-state index < -0.39 is 0 Å². The quantitative estimate of drug-likeness (QED) is 0.263. The van der Waals surface area contributed by atoms with Gasteiger partial charge in [0.25, 0.3) is 5.56 Å². The number of hydrogen-bond acceptors (Lipinski definition) is 8. The lowest BCUT2D eigenvalue weighted by Crippen LogP contribution is -2.41. The first-order valence-corrected chi connectivity index (χ1v) is 14.7. The zero-order valence-corrected chi connectivity index (χ0v) is 23.1. The third-order valence-corrected chi connectivity index (χ3v) is 9.63. The standard InChI is InChI=1S/C30H26N6O2S2/c37-30-24(4-2-8-33-30)35-11-12-38-25(18-35)23-3-1-5-27-29(23)40-26-7-6-21(14-28(26)39-27)34-16-20-13-22(17-32-15-20)36-10-9-31-19-36/h1-10,13-15,17,19,25,34H,11-12,16,18H2,(H,33,37). The molecule has 1 fully saturated rings. The summed E-state index contributed by atoms with van der Waals surface area (Å²) in [5.74, 6) is 0. The lowest BCUT2D eigenvalue weighted by molar-refractivity contribution is 0.0378. The SMILES string of the molecule is O=c1[nH]cccc1N1CCOC(c2cccc3c2Sc2ccc(NCc4cncc(-n5ccnc5)c4)cc2S3)C1. The summed E-state index contributed by atoms with van der Waals surface area (Å²) in [6.45, 7) is 2.59. The molecule has 1 unspecified atom stereocenters. The summed E-state index contributed by atoms with van der Waals surface area (Å²) >= 11 is 3.58. The number of hydrogen-bond donors (Lipinski definition) is 2. The second-order valence-electron chi connectivity index (χ2n) is 9.60. The predicted molar refractivity (Wildman–Crippen MR) is 158 cm³/mol. The average Bonchev–Trinajstić information content (AvgIpc) is 3.55. The minimum atomic E-state index is -0.106. The summed E-state index contributed by atoms with van der Waals surface area (Å²) < 4.78 is 8.19. The van der Waals surface area contributed by atoms with E-state index in [4.69, 9.17) is 4.74 Å². The van der Waals surface area contributed by atoms with Gasteiger partial charge < -0.3 is 24.5 Å². The van der Waals surface area contributed by atoms with Crippen molar-refractivity contribution in [3.8, 4) is 5.69 Å². The van der Waals surface area contributed by atoms with Crippen LogP contribution >= 0.6 is 23.5 Å². The van der Waals surface area contributed by atoms with Crippen LogP contribution in [0.1, 0.15) is 17.2 Å². The van der Waals surface area contributed by atoms with Crippen molar-refractivity contribution in [2.75, 3.05) is 29.9 Å². The maximum absolute atomic E-state index is 12.4. The van der Waals surface area contributed by atoms with Gasteiger partial charge in [0.2, 0.25) is 0 Å². The van der Waals surface area contributed by atoms with Crippen LogP contribution in [-0.2, 0) is 11.3 Å². The molecule has 2 aliphatic rings. The number of ether oxygens (including phenoxy) is 1. The van der Waals surface area contributed by atoms with Crippen molar-refractivity contribution in [1.82, 2.24) is 19.5 Å². The fourth-order valence-electron chi connectivity index (χ4n) is 5.03. The zero-order chi connectivity index (χ0) is 26.9. The minimum absolute atomic E-state index is 0.0660. The molecule has 7 rings (SSSR count). The molecule has 10 heteroatoms. The highest BCUT2D eigenvalue weighted by atomic mass is 32.2. The van der Waals surface area contributed by atoms with Gasteiger partial charge in [0.05, 0.1) is 24.8 Å². The Kier molecular flexibility index (Phi) is 6.80. The van der Waals surface area contributed by atoms with Gasteiger partial charge in [-0.2, -0.15) is 0 Å². The van der Waals surface area contributed by atoms with Gasteiger partial charge in [-0.3, -0.25) is 9.78 Å². The number of nitrogens with zero attached hydrogens (tertiary/aromatic N) is 4. The third kappa shape index (κ3) is 5.01. The number of morpholine rings is 1. The number of aromatic nitrogens is 4. The van der Waals surface area contributed by atoms with Crippen molar-refractivity contribution < 1.29 is 4.74 Å². The molecule has 8 nitrogen and oxygen atoms in total. The average molecular weight is 567 g/mol. The van der Waals surface area contributed by atoms with Gasteiger partial charge in [-0.1, -0.05) is 35.7 Å². The molecule has 0 bridgehead atoms. The number of pyridine rings is 2. The molecule has 0 saturated carbocycles. The van der Waals surface area contributed by atoms with E-state index in [0.717, 1.165) is 16.9 Å². The smallest absolute Gasteiger partial charge is 0.271 e. The Labute approximate surface area is 239 Å². The molecular formula is C30H26N6O2S2. The number of nitrogens with one attached hydrogen (secondary N) is 2. The number of imidazole rings is 1. The Morgan fingerprint density at radius 2 is 2.00 bits per heavy atom. The van der Waals surface area contributed by atoms with Crippen molar-refractivity contribution in [2.24, 2.45) is 0 Å². The molecule has 2 aromatic carbocycles. The fraction of sp³-hybridized carbons (Fsp3) is 0.167. The van der Waals surface area contributed by atoms with Crippen LogP contribution in [0.25, 0.3) is 5.69 Å². The van der Waals surface area contributed by atoms with Crippen LogP contribution in [0.3, 0.4) is 0 Å². The molecule has 5 heterocycles. The van der Waals surface area contributed by atoms with Crippen LogP contribution in [0.5, 0.6) is 0 Å². The summed E-state index contributed by atoms with van der Waals surface area (Å²) in [7, 11) is 0. The van der Waals surface area contributed by atoms with Crippen molar-refractivity contribution >= 4 is 34.9 Å². The van der Waals surface area contributed by atoms with Crippen LogP contribution in [0.15, 0.2) is 116 Å². The second kappa shape index (κ2) is 10.9. The van der Waals surface area contributed by atoms with Gasteiger partial charge in [0.1, 0.15) is 11.8 Å². The van der Waals surface area contributed by atoms with E-state index in [0.29, 0.717) is 31.9 Å². The summed E-state index contributed by atoms with van der Waals surface area (Å²) in [5, 5.41) is 3.55. The maximum atomic E-state index is 12.4. The molecular weight excluding hydrogens is 541 g/mol. The number of benzene rings is 2. The monoisotopic (exact) mass is 566 g/mol. The summed E-state index contributed by atoms with van der Waals surface area (Å²) in [4.78, 5) is 30.7. The van der Waals surface area contributed by atoms with Crippen molar-refractivity contribution in [1.29, 1.82) is 0 Å². The first-order chi connectivity index (χ1) is 19.7. The Morgan fingerprint density at radius 3 is 2.90 bits per heavy atom. The van der Waals surface area contributed by atoms with Crippen molar-refractivity contribution in [3.05, 3.63) is 113 Å². The Balaban J connectivity index is 1.07. The number of aromatic amines is 1. The summed E-state index contributed by atoms with van der Waals surface area (Å²) in [6, 6.07) is 18.8. The molecule has 3 aromatic heterocycles. The summed E-state index contributed by atoms with van der Waals surface area (Å²) in [5.41, 5.74) is 4.95. The van der Waals surface area contributed by atoms with Gasteiger partial charge in [0.15, 0.2) is 0 Å². The zero-order valence-electron chi connectivity index (χ0n) is 21.5. The topological polar surface area (TPSA) is 88.1 Å². The fourth-order valence-corrected chi connectivity index (χ4v) is 7.48. The van der Waals surface area contributed by atoms with Crippen molar-refractivity contribution in [2.45, 2.75) is 32.2 Å². The Morgan fingerprint density at radius 1 is 1.02 bits per heavy atom. The van der Waals surface area contributed by atoms with E-state index in [1.807, 2.05) is 35.3 Å². The number of H-pyrrole nitrogens is 1. The highest BCUT2D eigenvalue weighted by Crippen LogP contribution is 2.51. The van der Waals surface area contributed by atoms with Gasteiger partial charge >= 0.3 is 0 Å². The van der Waals surface area contributed by atoms with E-state index >= 15 is 0 Å². The predicted octanol–water partition coefficient (Wildman–Crippen LogP) is 5.76. The second-order valence-corrected chi connectivity index (χ2v) is 11.7. The van der Waals surface area contributed by atoms with Crippen LogP contribution in [0.4, 0.5) is 11.4 Å².